The van der Waals surface area contributed by atoms with E-state index in [4.69, 9.17) is 9.47 Å². The maximum atomic E-state index is 12.8. The number of carbonyl (C=O) groups excluding carboxylic acids is 1. The summed E-state index contributed by atoms with van der Waals surface area (Å²) in [5, 5.41) is 6.71. The zero-order chi connectivity index (χ0) is 18.0. The molecule has 4 rings (SSSR count). The first-order valence-corrected chi connectivity index (χ1v) is 9.88. The molecule has 150 valence electrons. The third-order valence-electron chi connectivity index (χ3n) is 6.86. The Kier molecular flexibility index (Phi) is 6.34. The highest BCUT2D eigenvalue weighted by Crippen LogP contribution is 2.58. The molecule has 2 heterocycles. The predicted octanol–water partition coefficient (Wildman–Crippen LogP) is 2.67. The lowest BCUT2D eigenvalue weighted by atomic mass is 9.74. The van der Waals surface area contributed by atoms with Crippen molar-refractivity contribution in [1.29, 1.82) is 0 Å². The van der Waals surface area contributed by atoms with E-state index >= 15 is 0 Å². The lowest BCUT2D eigenvalue weighted by Crippen LogP contribution is -2.45. The Bertz CT molecular complexity index is 637. The van der Waals surface area contributed by atoms with Crippen molar-refractivity contribution in [3.8, 4) is 5.75 Å². The van der Waals surface area contributed by atoms with Gasteiger partial charge in [-0.05, 0) is 68.3 Å². The third-order valence-corrected chi connectivity index (χ3v) is 6.86. The van der Waals surface area contributed by atoms with Gasteiger partial charge in [-0.25, -0.2) is 0 Å². The lowest BCUT2D eigenvalue weighted by Gasteiger charge is -2.38. The summed E-state index contributed by atoms with van der Waals surface area (Å²) in [6, 6.07) is 8.31. The first kappa shape index (κ1) is 20.4. The van der Waals surface area contributed by atoms with Gasteiger partial charge in [0.25, 0.3) is 0 Å². The van der Waals surface area contributed by atoms with Crippen LogP contribution in [0.5, 0.6) is 5.75 Å². The minimum absolute atomic E-state index is 0. The Hall–Kier alpha value is -1.30. The second-order valence-electron chi connectivity index (χ2n) is 8.21. The number of piperidine rings is 1. The van der Waals surface area contributed by atoms with Crippen LogP contribution in [0.1, 0.15) is 37.7 Å². The molecule has 1 aromatic carbocycles. The van der Waals surface area contributed by atoms with Gasteiger partial charge >= 0.3 is 0 Å². The van der Waals surface area contributed by atoms with Crippen molar-refractivity contribution >= 4 is 18.3 Å². The molecule has 2 aliphatic heterocycles. The fraction of sp³-hybridized carbons (Fsp3) is 0.667. The van der Waals surface area contributed by atoms with Gasteiger partial charge in [-0.3, -0.25) is 4.79 Å². The van der Waals surface area contributed by atoms with E-state index in [2.05, 4.69) is 22.8 Å². The number of nitrogens with one attached hydrogen (secondary N) is 2. The van der Waals surface area contributed by atoms with Gasteiger partial charge in [0.1, 0.15) is 5.75 Å². The summed E-state index contributed by atoms with van der Waals surface area (Å²) in [7, 11) is 1.69. The third kappa shape index (κ3) is 4.10. The molecule has 0 radical (unpaired) electrons. The predicted molar refractivity (Wildman–Crippen MR) is 108 cm³/mol. The Morgan fingerprint density at radius 1 is 1.19 bits per heavy atom. The molecular formula is C21H31ClN2O3. The summed E-state index contributed by atoms with van der Waals surface area (Å²) in [4.78, 5) is 12.8. The molecule has 1 aliphatic carbocycles. The Morgan fingerprint density at radius 2 is 1.85 bits per heavy atom. The number of methoxy groups -OCH3 is 1. The second-order valence-corrected chi connectivity index (χ2v) is 8.21. The van der Waals surface area contributed by atoms with E-state index in [0.29, 0.717) is 6.54 Å². The van der Waals surface area contributed by atoms with E-state index in [-0.39, 0.29) is 35.1 Å². The summed E-state index contributed by atoms with van der Waals surface area (Å²) >= 11 is 0. The number of hydrogen-bond donors (Lipinski definition) is 2. The number of hydrogen-bond acceptors (Lipinski definition) is 4. The highest BCUT2D eigenvalue weighted by atomic mass is 35.5. The molecule has 2 saturated heterocycles. The van der Waals surface area contributed by atoms with Crippen LogP contribution in [-0.4, -0.2) is 45.9 Å². The van der Waals surface area contributed by atoms with Crippen molar-refractivity contribution in [3.63, 3.8) is 0 Å². The monoisotopic (exact) mass is 394 g/mol. The van der Waals surface area contributed by atoms with Gasteiger partial charge in [0.15, 0.2) is 0 Å². The highest BCUT2D eigenvalue weighted by molar-refractivity contribution is 5.85. The number of halogens is 1. The van der Waals surface area contributed by atoms with Crippen molar-refractivity contribution in [3.05, 3.63) is 29.8 Å². The molecular weight excluding hydrogens is 364 g/mol. The van der Waals surface area contributed by atoms with Crippen molar-refractivity contribution < 1.29 is 14.3 Å². The molecule has 1 unspecified atom stereocenters. The molecule has 0 aromatic heterocycles. The SMILES string of the molecule is COc1ccc(C2(CNC(=O)C3CC34CCNCC4)CCOCC2)cc1.Cl. The van der Waals surface area contributed by atoms with Crippen molar-refractivity contribution in [1.82, 2.24) is 10.6 Å². The summed E-state index contributed by atoms with van der Waals surface area (Å²) < 4.78 is 10.9. The number of ether oxygens (including phenoxy) is 2. The molecule has 3 fully saturated rings. The summed E-state index contributed by atoms with van der Waals surface area (Å²) in [5.74, 6) is 1.34. The lowest BCUT2D eigenvalue weighted by molar-refractivity contribution is -0.123. The minimum Gasteiger partial charge on any atom is -0.497 e. The van der Waals surface area contributed by atoms with E-state index in [0.717, 1.165) is 64.2 Å². The van der Waals surface area contributed by atoms with Crippen molar-refractivity contribution in [2.45, 2.75) is 37.5 Å². The molecule has 1 spiro atoms. The van der Waals surface area contributed by atoms with Crippen LogP contribution in [0.15, 0.2) is 24.3 Å². The van der Waals surface area contributed by atoms with Gasteiger partial charge in [-0.2, -0.15) is 0 Å². The highest BCUT2D eigenvalue weighted by Gasteiger charge is 2.57. The molecule has 0 bridgehead atoms. The van der Waals surface area contributed by atoms with Crippen LogP contribution >= 0.6 is 12.4 Å². The Balaban J connectivity index is 0.00000210. The van der Waals surface area contributed by atoms with Gasteiger partial charge < -0.3 is 20.1 Å². The first-order valence-electron chi connectivity index (χ1n) is 9.88. The molecule has 3 aliphatic rings. The van der Waals surface area contributed by atoms with E-state index in [1.807, 2.05) is 12.1 Å². The zero-order valence-electron chi connectivity index (χ0n) is 16.1. The summed E-state index contributed by atoms with van der Waals surface area (Å²) in [5.41, 5.74) is 1.53. The van der Waals surface area contributed by atoms with Crippen LogP contribution in [-0.2, 0) is 14.9 Å². The molecule has 1 aromatic rings. The van der Waals surface area contributed by atoms with E-state index in [1.165, 1.54) is 5.56 Å². The van der Waals surface area contributed by atoms with Gasteiger partial charge in [0, 0.05) is 31.1 Å². The number of amides is 1. The van der Waals surface area contributed by atoms with E-state index in [9.17, 15) is 4.79 Å². The summed E-state index contributed by atoms with van der Waals surface area (Å²) in [6.45, 7) is 4.31. The molecule has 1 atom stereocenters. The van der Waals surface area contributed by atoms with Crippen LogP contribution in [0.25, 0.3) is 0 Å². The molecule has 2 N–H and O–H groups in total. The van der Waals surface area contributed by atoms with Crippen molar-refractivity contribution in [2.24, 2.45) is 11.3 Å². The fourth-order valence-corrected chi connectivity index (χ4v) is 4.85. The molecule has 1 saturated carbocycles. The number of carbonyl (C=O) groups is 1. The van der Waals surface area contributed by atoms with Gasteiger partial charge in [0.2, 0.25) is 5.91 Å². The molecule has 6 heteroatoms. The second kappa shape index (κ2) is 8.38. The van der Waals surface area contributed by atoms with Gasteiger partial charge in [-0.15, -0.1) is 12.4 Å². The topological polar surface area (TPSA) is 59.6 Å². The number of rotatable bonds is 5. The quantitative estimate of drug-likeness (QED) is 0.806. The molecule has 27 heavy (non-hydrogen) atoms. The minimum atomic E-state index is -0.0314. The fourth-order valence-electron chi connectivity index (χ4n) is 4.85. The van der Waals surface area contributed by atoms with Crippen LogP contribution in [0.2, 0.25) is 0 Å². The van der Waals surface area contributed by atoms with Crippen LogP contribution < -0.4 is 15.4 Å². The average Bonchev–Trinajstić information content (AvgIpc) is 3.40. The van der Waals surface area contributed by atoms with Crippen LogP contribution in [0.4, 0.5) is 0 Å². The van der Waals surface area contributed by atoms with Gasteiger partial charge in [-0.1, -0.05) is 12.1 Å². The Labute approximate surface area is 168 Å². The average molecular weight is 395 g/mol. The molecule has 5 nitrogen and oxygen atoms in total. The maximum Gasteiger partial charge on any atom is 0.223 e. The summed E-state index contributed by atoms with van der Waals surface area (Å²) in [6.07, 6.45) is 5.24. The normalized spacial score (nSPS) is 25.3. The van der Waals surface area contributed by atoms with Gasteiger partial charge in [0.05, 0.1) is 7.11 Å². The van der Waals surface area contributed by atoms with Crippen LogP contribution in [0, 0.1) is 11.3 Å². The number of benzene rings is 1. The maximum absolute atomic E-state index is 12.8. The smallest absolute Gasteiger partial charge is 0.223 e. The largest absolute Gasteiger partial charge is 0.497 e. The Morgan fingerprint density at radius 3 is 2.48 bits per heavy atom. The molecule has 1 amide bonds. The van der Waals surface area contributed by atoms with E-state index < -0.39 is 0 Å². The zero-order valence-corrected chi connectivity index (χ0v) is 16.9. The van der Waals surface area contributed by atoms with E-state index in [1.54, 1.807) is 7.11 Å². The van der Waals surface area contributed by atoms with Crippen molar-refractivity contribution in [2.75, 3.05) is 40.0 Å². The first-order chi connectivity index (χ1) is 12.7. The standard InChI is InChI=1S/C21H30N2O3.ClH/c1-25-17-4-2-16(3-5-17)21(8-12-26-13-9-21)15-23-19(24)18-14-20(18)6-10-22-11-7-20;/h2-5,18,22H,6-15H2,1H3,(H,23,24);1H. The van der Waals surface area contributed by atoms with Crippen LogP contribution in [0.3, 0.4) is 0 Å².